The maximum absolute atomic E-state index is 11.2. The first-order valence-electron chi connectivity index (χ1n) is 5.25. The van der Waals surface area contributed by atoms with Crippen LogP contribution in [-0.4, -0.2) is 22.8 Å². The van der Waals surface area contributed by atoms with E-state index in [1.54, 1.807) is 0 Å². The summed E-state index contributed by atoms with van der Waals surface area (Å²) in [5.74, 6) is -0.180. The van der Waals surface area contributed by atoms with Crippen LogP contribution in [0.4, 0.5) is 0 Å². The maximum atomic E-state index is 11.2. The number of aliphatic hydroxyl groups excluding tert-OH is 1. The van der Waals surface area contributed by atoms with Crippen molar-refractivity contribution in [3.8, 4) is 0 Å². The van der Waals surface area contributed by atoms with Gasteiger partial charge in [0.25, 0.3) is 0 Å². The molecule has 0 aliphatic rings. The summed E-state index contributed by atoms with van der Waals surface area (Å²) in [7, 11) is 0. The Bertz CT molecular complexity index is 170. The molecule has 0 bridgehead atoms. The smallest absolute Gasteiger partial charge is 0.306 e. The summed E-state index contributed by atoms with van der Waals surface area (Å²) in [6.45, 7) is 7.49. The summed E-state index contributed by atoms with van der Waals surface area (Å²) in [4.78, 5) is 11.2. The van der Waals surface area contributed by atoms with Crippen LogP contribution in [0.5, 0.6) is 0 Å². The van der Waals surface area contributed by atoms with Crippen molar-refractivity contribution in [3.05, 3.63) is 0 Å². The van der Waals surface area contributed by atoms with Gasteiger partial charge in [-0.1, -0.05) is 6.92 Å². The molecule has 3 heteroatoms. The third-order valence-corrected chi connectivity index (χ3v) is 1.81. The number of carbonyl (C=O) groups excluding carboxylic acids is 1. The average Bonchev–Trinajstić information content (AvgIpc) is 2.00. The third-order valence-electron chi connectivity index (χ3n) is 1.81. The van der Waals surface area contributed by atoms with Gasteiger partial charge in [-0.2, -0.15) is 0 Å². The zero-order valence-electron chi connectivity index (χ0n) is 9.67. The number of hydrogen-bond acceptors (Lipinski definition) is 3. The number of esters is 1. The molecule has 0 fully saturated rings. The van der Waals surface area contributed by atoms with Crippen molar-refractivity contribution in [1.29, 1.82) is 0 Å². The molecule has 0 aromatic carbocycles. The van der Waals surface area contributed by atoms with Gasteiger partial charge in [0.05, 0.1) is 6.10 Å². The monoisotopic (exact) mass is 202 g/mol. The topological polar surface area (TPSA) is 46.5 Å². The summed E-state index contributed by atoms with van der Waals surface area (Å²) in [6.07, 6.45) is 2.24. The van der Waals surface area contributed by atoms with Crippen LogP contribution in [0.25, 0.3) is 0 Å². The Labute approximate surface area is 86.5 Å². The van der Waals surface area contributed by atoms with Gasteiger partial charge in [0.15, 0.2) is 0 Å². The number of rotatable bonds is 5. The quantitative estimate of drug-likeness (QED) is 0.696. The lowest BCUT2D eigenvalue weighted by molar-refractivity contribution is -0.155. The lowest BCUT2D eigenvalue weighted by Crippen LogP contribution is -2.23. The van der Waals surface area contributed by atoms with Crippen molar-refractivity contribution < 1.29 is 14.6 Å². The van der Waals surface area contributed by atoms with Gasteiger partial charge in [0.2, 0.25) is 0 Å². The highest BCUT2D eigenvalue weighted by Crippen LogP contribution is 2.11. The van der Waals surface area contributed by atoms with E-state index in [9.17, 15) is 9.90 Å². The molecule has 0 spiro atoms. The molecule has 0 unspecified atom stereocenters. The van der Waals surface area contributed by atoms with E-state index in [0.29, 0.717) is 19.3 Å². The summed E-state index contributed by atoms with van der Waals surface area (Å²) >= 11 is 0. The predicted octanol–water partition coefficient (Wildman–Crippen LogP) is 2.27. The maximum Gasteiger partial charge on any atom is 0.306 e. The molecular weight excluding hydrogens is 180 g/mol. The molecular formula is C11H22O3. The largest absolute Gasteiger partial charge is 0.460 e. The molecule has 3 nitrogen and oxygen atoms in total. The first kappa shape index (κ1) is 13.4. The van der Waals surface area contributed by atoms with Crippen LogP contribution in [0.3, 0.4) is 0 Å². The molecule has 14 heavy (non-hydrogen) atoms. The molecule has 1 N–H and O–H groups in total. The number of hydrogen-bond donors (Lipinski definition) is 1. The standard InChI is InChI=1S/C11H22O3/c1-5-9(12)7-6-8-10(13)14-11(2,3)4/h9,12H,5-8H2,1-4H3/t9-/m1/s1. The third kappa shape index (κ3) is 8.05. The van der Waals surface area contributed by atoms with Crippen molar-refractivity contribution in [2.24, 2.45) is 0 Å². The number of aliphatic hydroxyl groups is 1. The fourth-order valence-corrected chi connectivity index (χ4v) is 1.08. The molecule has 0 aliphatic heterocycles. The molecule has 0 saturated carbocycles. The summed E-state index contributed by atoms with van der Waals surface area (Å²) in [5.41, 5.74) is -0.402. The minimum atomic E-state index is -0.402. The summed E-state index contributed by atoms with van der Waals surface area (Å²) in [6, 6.07) is 0. The highest BCUT2D eigenvalue weighted by molar-refractivity contribution is 5.69. The van der Waals surface area contributed by atoms with E-state index in [-0.39, 0.29) is 12.1 Å². The second kappa shape index (κ2) is 6.02. The van der Waals surface area contributed by atoms with Crippen molar-refractivity contribution in [3.63, 3.8) is 0 Å². The Morgan fingerprint density at radius 1 is 1.43 bits per heavy atom. The zero-order chi connectivity index (χ0) is 11.2. The zero-order valence-corrected chi connectivity index (χ0v) is 9.67. The van der Waals surface area contributed by atoms with Gasteiger partial charge >= 0.3 is 5.97 Å². The second-order valence-corrected chi connectivity index (χ2v) is 4.54. The molecule has 0 aromatic rings. The van der Waals surface area contributed by atoms with E-state index >= 15 is 0 Å². The van der Waals surface area contributed by atoms with E-state index in [2.05, 4.69) is 0 Å². The van der Waals surface area contributed by atoms with Crippen molar-refractivity contribution in [2.75, 3.05) is 0 Å². The summed E-state index contributed by atoms with van der Waals surface area (Å²) < 4.78 is 5.13. The Kier molecular flexibility index (Phi) is 5.77. The van der Waals surface area contributed by atoms with E-state index in [0.717, 1.165) is 6.42 Å². The van der Waals surface area contributed by atoms with E-state index in [1.807, 2.05) is 27.7 Å². The molecule has 0 amide bonds. The average molecular weight is 202 g/mol. The first-order valence-corrected chi connectivity index (χ1v) is 5.25. The fourth-order valence-electron chi connectivity index (χ4n) is 1.08. The van der Waals surface area contributed by atoms with Gasteiger partial charge in [0.1, 0.15) is 5.60 Å². The van der Waals surface area contributed by atoms with Crippen LogP contribution in [-0.2, 0) is 9.53 Å². The lowest BCUT2D eigenvalue weighted by atomic mass is 10.1. The molecule has 0 rings (SSSR count). The van der Waals surface area contributed by atoms with E-state index in [1.165, 1.54) is 0 Å². The molecule has 0 aliphatic carbocycles. The van der Waals surface area contributed by atoms with Crippen LogP contribution in [0.1, 0.15) is 53.4 Å². The van der Waals surface area contributed by atoms with Crippen LogP contribution >= 0.6 is 0 Å². The Balaban J connectivity index is 3.55. The fraction of sp³-hybridized carbons (Fsp3) is 0.909. The highest BCUT2D eigenvalue weighted by Gasteiger charge is 2.15. The Morgan fingerprint density at radius 3 is 2.43 bits per heavy atom. The normalized spacial score (nSPS) is 13.8. The predicted molar refractivity (Wildman–Crippen MR) is 56.0 cm³/mol. The van der Waals surface area contributed by atoms with Gasteiger partial charge in [0, 0.05) is 6.42 Å². The summed E-state index contributed by atoms with van der Waals surface area (Å²) in [5, 5.41) is 9.25. The molecule has 0 aromatic heterocycles. The molecule has 0 saturated heterocycles. The minimum absolute atomic E-state index is 0.180. The van der Waals surface area contributed by atoms with Gasteiger partial charge in [-0.05, 0) is 40.0 Å². The first-order chi connectivity index (χ1) is 6.35. The molecule has 84 valence electrons. The van der Waals surface area contributed by atoms with Gasteiger partial charge in [-0.3, -0.25) is 4.79 Å². The van der Waals surface area contributed by atoms with Gasteiger partial charge in [-0.15, -0.1) is 0 Å². The van der Waals surface area contributed by atoms with Gasteiger partial charge in [-0.25, -0.2) is 0 Å². The van der Waals surface area contributed by atoms with Crippen LogP contribution in [0.15, 0.2) is 0 Å². The van der Waals surface area contributed by atoms with Crippen LogP contribution < -0.4 is 0 Å². The van der Waals surface area contributed by atoms with Crippen molar-refractivity contribution >= 4 is 5.97 Å². The SMILES string of the molecule is CC[C@@H](O)CCCC(=O)OC(C)(C)C. The van der Waals surface area contributed by atoms with E-state index < -0.39 is 5.60 Å². The minimum Gasteiger partial charge on any atom is -0.460 e. The Morgan fingerprint density at radius 2 is 2.00 bits per heavy atom. The van der Waals surface area contributed by atoms with Crippen molar-refractivity contribution in [2.45, 2.75) is 65.1 Å². The molecule has 1 atom stereocenters. The second-order valence-electron chi connectivity index (χ2n) is 4.54. The van der Waals surface area contributed by atoms with Crippen molar-refractivity contribution in [1.82, 2.24) is 0 Å². The number of ether oxygens (including phenoxy) is 1. The Hall–Kier alpha value is -0.570. The molecule has 0 heterocycles. The van der Waals surface area contributed by atoms with Crippen LogP contribution in [0, 0.1) is 0 Å². The van der Waals surface area contributed by atoms with E-state index in [4.69, 9.17) is 4.74 Å². The highest BCUT2D eigenvalue weighted by atomic mass is 16.6. The molecule has 0 radical (unpaired) electrons. The lowest BCUT2D eigenvalue weighted by Gasteiger charge is -2.19. The van der Waals surface area contributed by atoms with Gasteiger partial charge < -0.3 is 9.84 Å². The van der Waals surface area contributed by atoms with Crippen LogP contribution in [0.2, 0.25) is 0 Å². The number of carbonyl (C=O) groups is 1.